The van der Waals surface area contributed by atoms with E-state index in [1.807, 2.05) is 26.0 Å². The van der Waals surface area contributed by atoms with E-state index in [2.05, 4.69) is 5.32 Å². The Labute approximate surface area is 106 Å². The number of benzene rings is 1. The zero-order valence-electron chi connectivity index (χ0n) is 10.3. The molecule has 17 heavy (non-hydrogen) atoms. The van der Waals surface area contributed by atoms with Crippen molar-refractivity contribution in [3.05, 3.63) is 34.9 Å². The van der Waals surface area contributed by atoms with Crippen LogP contribution in [-0.2, 0) is 0 Å². The molecule has 0 heterocycles. The Kier molecular flexibility index (Phi) is 5.34. The van der Waals surface area contributed by atoms with E-state index in [4.69, 9.17) is 11.6 Å². The molecule has 0 fully saturated rings. The summed E-state index contributed by atoms with van der Waals surface area (Å²) in [5, 5.41) is 3.61. The van der Waals surface area contributed by atoms with E-state index >= 15 is 0 Å². The third-order valence-electron chi connectivity index (χ3n) is 2.72. The van der Waals surface area contributed by atoms with E-state index in [9.17, 15) is 8.78 Å². The Morgan fingerprint density at radius 2 is 1.59 bits per heavy atom. The van der Waals surface area contributed by atoms with Gasteiger partial charge in [0.25, 0.3) is 6.43 Å². The first-order valence-electron chi connectivity index (χ1n) is 5.71. The van der Waals surface area contributed by atoms with Gasteiger partial charge in [0.15, 0.2) is 0 Å². The predicted octanol–water partition coefficient (Wildman–Crippen LogP) is 4.28. The summed E-state index contributed by atoms with van der Waals surface area (Å²) in [6, 6.07) is 6.40. The van der Waals surface area contributed by atoms with Gasteiger partial charge in [-0.1, -0.05) is 37.6 Å². The highest BCUT2D eigenvalue weighted by Crippen LogP contribution is 2.24. The van der Waals surface area contributed by atoms with Crippen LogP contribution in [0, 0.1) is 5.92 Å². The summed E-state index contributed by atoms with van der Waals surface area (Å²) in [7, 11) is 0. The van der Waals surface area contributed by atoms with Crippen molar-refractivity contribution in [1.29, 1.82) is 0 Å². The number of hydrogen-bond donors (Lipinski definition) is 1. The molecule has 2 atom stereocenters. The van der Waals surface area contributed by atoms with Crippen LogP contribution in [0.4, 0.5) is 8.78 Å². The fourth-order valence-electron chi connectivity index (χ4n) is 1.70. The molecule has 0 aliphatic rings. The maximum atomic E-state index is 12.5. The molecule has 1 N–H and O–H groups in total. The molecule has 0 saturated heterocycles. The molecule has 1 aromatic rings. The van der Waals surface area contributed by atoms with Gasteiger partial charge in [0.2, 0.25) is 0 Å². The van der Waals surface area contributed by atoms with E-state index in [1.54, 1.807) is 12.1 Å². The number of hydrogen-bond acceptors (Lipinski definition) is 1. The third kappa shape index (κ3) is 4.25. The van der Waals surface area contributed by atoms with E-state index < -0.39 is 12.5 Å². The maximum absolute atomic E-state index is 12.5. The van der Waals surface area contributed by atoms with Crippen molar-refractivity contribution in [1.82, 2.24) is 5.32 Å². The summed E-state index contributed by atoms with van der Waals surface area (Å²) in [6.45, 7) is 5.50. The molecule has 96 valence electrons. The second-order valence-corrected chi connectivity index (χ2v) is 5.00. The summed E-state index contributed by atoms with van der Waals surface area (Å²) < 4.78 is 25.1. The number of rotatable bonds is 5. The van der Waals surface area contributed by atoms with Crippen molar-refractivity contribution in [3.8, 4) is 0 Å². The molecule has 0 aromatic heterocycles. The molecule has 0 radical (unpaired) electrons. The van der Waals surface area contributed by atoms with Crippen LogP contribution in [0.2, 0.25) is 5.02 Å². The molecule has 4 heteroatoms. The van der Waals surface area contributed by atoms with Gasteiger partial charge in [-0.3, -0.25) is 0 Å². The molecule has 0 spiro atoms. The van der Waals surface area contributed by atoms with Gasteiger partial charge in [-0.2, -0.15) is 0 Å². The van der Waals surface area contributed by atoms with Crippen molar-refractivity contribution in [3.63, 3.8) is 0 Å². The number of nitrogens with one attached hydrogen (secondary N) is 1. The molecule has 1 nitrogen and oxygen atoms in total. The zero-order valence-corrected chi connectivity index (χ0v) is 11.0. The molecule has 0 bridgehead atoms. The van der Waals surface area contributed by atoms with E-state index in [0.29, 0.717) is 5.02 Å². The molecule has 1 aromatic carbocycles. The lowest BCUT2D eigenvalue weighted by Gasteiger charge is -2.26. The Morgan fingerprint density at radius 1 is 1.06 bits per heavy atom. The van der Waals surface area contributed by atoms with Gasteiger partial charge in [-0.05, 0) is 30.5 Å². The zero-order chi connectivity index (χ0) is 13.0. The van der Waals surface area contributed by atoms with Crippen molar-refractivity contribution in [2.45, 2.75) is 39.3 Å². The van der Waals surface area contributed by atoms with Crippen molar-refractivity contribution < 1.29 is 8.78 Å². The van der Waals surface area contributed by atoms with E-state index in [0.717, 1.165) is 5.56 Å². The minimum absolute atomic E-state index is 0.0868. The lowest BCUT2D eigenvalue weighted by atomic mass is 9.95. The smallest absolute Gasteiger partial charge is 0.253 e. The van der Waals surface area contributed by atoms with Crippen LogP contribution in [0.5, 0.6) is 0 Å². The summed E-state index contributed by atoms with van der Waals surface area (Å²) in [5.41, 5.74) is 0.983. The predicted molar refractivity (Wildman–Crippen MR) is 67.6 cm³/mol. The average molecular weight is 262 g/mol. The van der Waals surface area contributed by atoms with Crippen LogP contribution >= 0.6 is 11.6 Å². The lowest BCUT2D eigenvalue weighted by molar-refractivity contribution is 0.0959. The first-order chi connectivity index (χ1) is 7.91. The molecule has 2 unspecified atom stereocenters. The second kappa shape index (κ2) is 6.31. The van der Waals surface area contributed by atoms with Gasteiger partial charge in [0, 0.05) is 11.1 Å². The Morgan fingerprint density at radius 3 is 2.00 bits per heavy atom. The van der Waals surface area contributed by atoms with Crippen LogP contribution in [0.1, 0.15) is 32.4 Å². The van der Waals surface area contributed by atoms with Crippen molar-refractivity contribution in [2.24, 2.45) is 5.92 Å². The maximum Gasteiger partial charge on any atom is 0.253 e. The molecular weight excluding hydrogens is 244 g/mol. The largest absolute Gasteiger partial charge is 0.302 e. The summed E-state index contributed by atoms with van der Waals surface area (Å²) >= 11 is 5.81. The van der Waals surface area contributed by atoms with Crippen LogP contribution in [0.3, 0.4) is 0 Å². The fourth-order valence-corrected chi connectivity index (χ4v) is 1.83. The van der Waals surface area contributed by atoms with Gasteiger partial charge < -0.3 is 5.32 Å². The SMILES string of the molecule is CC(C)C(NC(C)C(F)F)c1ccc(Cl)cc1. The summed E-state index contributed by atoms with van der Waals surface area (Å²) in [6.07, 6.45) is -2.36. The third-order valence-corrected chi connectivity index (χ3v) is 2.97. The average Bonchev–Trinajstić information content (AvgIpc) is 2.26. The molecule has 0 saturated carbocycles. The van der Waals surface area contributed by atoms with Gasteiger partial charge in [0.05, 0.1) is 6.04 Å². The van der Waals surface area contributed by atoms with Crippen molar-refractivity contribution >= 4 is 11.6 Å². The summed E-state index contributed by atoms with van der Waals surface area (Å²) in [4.78, 5) is 0. The Hall–Kier alpha value is -0.670. The van der Waals surface area contributed by atoms with Gasteiger partial charge in [-0.15, -0.1) is 0 Å². The van der Waals surface area contributed by atoms with Crippen LogP contribution in [0.25, 0.3) is 0 Å². The monoisotopic (exact) mass is 261 g/mol. The first kappa shape index (κ1) is 14.4. The molecule has 1 rings (SSSR count). The second-order valence-electron chi connectivity index (χ2n) is 4.56. The standard InChI is InChI=1S/C13H18ClF2N/c1-8(2)12(17-9(3)13(15)16)10-4-6-11(14)7-5-10/h4-9,12-13,17H,1-3H3. The highest BCUT2D eigenvalue weighted by molar-refractivity contribution is 6.30. The molecular formula is C13H18ClF2N. The minimum atomic E-state index is -2.36. The molecule has 0 aliphatic heterocycles. The van der Waals surface area contributed by atoms with E-state index in [1.165, 1.54) is 6.92 Å². The van der Waals surface area contributed by atoms with Crippen molar-refractivity contribution in [2.75, 3.05) is 0 Å². The topological polar surface area (TPSA) is 12.0 Å². The molecule has 0 amide bonds. The Bertz CT molecular complexity index is 338. The van der Waals surface area contributed by atoms with Crippen LogP contribution < -0.4 is 5.32 Å². The minimum Gasteiger partial charge on any atom is -0.302 e. The van der Waals surface area contributed by atoms with Gasteiger partial charge in [0.1, 0.15) is 0 Å². The highest BCUT2D eigenvalue weighted by Gasteiger charge is 2.22. The van der Waals surface area contributed by atoms with Gasteiger partial charge in [-0.25, -0.2) is 8.78 Å². The number of alkyl halides is 2. The lowest BCUT2D eigenvalue weighted by Crippen LogP contribution is -2.38. The number of halogens is 3. The Balaban J connectivity index is 2.82. The molecule has 0 aliphatic carbocycles. The highest BCUT2D eigenvalue weighted by atomic mass is 35.5. The fraction of sp³-hybridized carbons (Fsp3) is 0.538. The quantitative estimate of drug-likeness (QED) is 0.834. The van der Waals surface area contributed by atoms with Gasteiger partial charge >= 0.3 is 0 Å². The summed E-state index contributed by atoms with van der Waals surface area (Å²) in [5.74, 6) is 0.234. The van der Waals surface area contributed by atoms with Crippen LogP contribution in [0.15, 0.2) is 24.3 Å². The first-order valence-corrected chi connectivity index (χ1v) is 6.09. The normalized spacial score (nSPS) is 15.3. The van der Waals surface area contributed by atoms with Crippen LogP contribution in [-0.4, -0.2) is 12.5 Å². The van der Waals surface area contributed by atoms with E-state index in [-0.39, 0.29) is 12.0 Å².